The van der Waals surface area contributed by atoms with Gasteiger partial charge in [0, 0.05) is 38.6 Å². The fourth-order valence-corrected chi connectivity index (χ4v) is 3.04. The maximum absolute atomic E-state index is 12.4. The second-order valence-electron chi connectivity index (χ2n) is 6.28. The molecule has 2 aromatic rings. The van der Waals surface area contributed by atoms with Gasteiger partial charge in [0.1, 0.15) is 0 Å². The third-order valence-corrected chi connectivity index (χ3v) is 4.37. The van der Waals surface area contributed by atoms with Gasteiger partial charge in [-0.2, -0.15) is 5.10 Å². The van der Waals surface area contributed by atoms with Crippen molar-refractivity contribution in [3.8, 4) is 0 Å². The van der Waals surface area contributed by atoms with Crippen LogP contribution >= 0.6 is 0 Å². The third-order valence-electron chi connectivity index (χ3n) is 4.37. The van der Waals surface area contributed by atoms with Crippen molar-refractivity contribution in [2.45, 2.75) is 26.3 Å². The summed E-state index contributed by atoms with van der Waals surface area (Å²) in [6.45, 7) is 5.19. The molecule has 0 saturated heterocycles. The van der Waals surface area contributed by atoms with E-state index in [9.17, 15) is 4.79 Å². The lowest BCUT2D eigenvalue weighted by atomic mass is 10.0. The highest BCUT2D eigenvalue weighted by Crippen LogP contribution is 2.15. The van der Waals surface area contributed by atoms with Gasteiger partial charge in [-0.3, -0.25) is 4.68 Å². The predicted octanol–water partition coefficient (Wildman–Crippen LogP) is 2.33. The Morgan fingerprint density at radius 1 is 1.22 bits per heavy atom. The van der Waals surface area contributed by atoms with E-state index in [0.717, 1.165) is 32.5 Å². The van der Waals surface area contributed by atoms with Crippen molar-refractivity contribution in [3.05, 3.63) is 53.9 Å². The number of amides is 2. The molecule has 0 aliphatic carbocycles. The normalized spacial score (nSPS) is 15.6. The monoisotopic (exact) mass is 312 g/mol. The smallest absolute Gasteiger partial charge is 0.317 e. The summed E-state index contributed by atoms with van der Waals surface area (Å²) in [7, 11) is 0. The summed E-state index contributed by atoms with van der Waals surface area (Å²) in [5.74, 6) is 0.350. The molecule has 1 aliphatic rings. The van der Waals surface area contributed by atoms with E-state index in [0.29, 0.717) is 12.5 Å². The minimum absolute atomic E-state index is 0.0464. The van der Waals surface area contributed by atoms with Crippen molar-refractivity contribution in [2.75, 3.05) is 19.6 Å². The van der Waals surface area contributed by atoms with Crippen molar-refractivity contribution in [1.29, 1.82) is 0 Å². The number of carbonyl (C=O) groups is 1. The zero-order valence-corrected chi connectivity index (χ0v) is 13.6. The van der Waals surface area contributed by atoms with Crippen molar-refractivity contribution in [2.24, 2.45) is 5.92 Å². The van der Waals surface area contributed by atoms with Crippen LogP contribution < -0.4 is 5.32 Å². The van der Waals surface area contributed by atoms with Gasteiger partial charge in [-0.05, 0) is 36.0 Å². The number of fused-ring (bicyclic) bond motifs is 1. The number of hydrogen-bond acceptors (Lipinski definition) is 2. The molecule has 0 radical (unpaired) electrons. The molecule has 1 aromatic heterocycles. The van der Waals surface area contributed by atoms with Gasteiger partial charge in [-0.15, -0.1) is 0 Å². The van der Waals surface area contributed by atoms with E-state index in [1.807, 2.05) is 21.8 Å². The lowest BCUT2D eigenvalue weighted by Gasteiger charge is -2.22. The highest BCUT2D eigenvalue weighted by Gasteiger charge is 2.18. The molecule has 2 amide bonds. The number of urea groups is 1. The van der Waals surface area contributed by atoms with Crippen LogP contribution in [-0.2, 0) is 19.4 Å². The Hall–Kier alpha value is -2.30. The molecular formula is C18H24N4O. The Balaban J connectivity index is 1.47. The van der Waals surface area contributed by atoms with E-state index in [1.54, 1.807) is 6.20 Å². The Bertz CT molecular complexity index is 611. The zero-order valence-electron chi connectivity index (χ0n) is 13.6. The molecule has 23 heavy (non-hydrogen) atoms. The average Bonchev–Trinajstić information content (AvgIpc) is 2.97. The topological polar surface area (TPSA) is 50.2 Å². The summed E-state index contributed by atoms with van der Waals surface area (Å²) < 4.78 is 1.90. The molecule has 1 atom stereocenters. The van der Waals surface area contributed by atoms with Gasteiger partial charge in [-0.1, -0.05) is 31.2 Å². The van der Waals surface area contributed by atoms with Crippen molar-refractivity contribution < 1.29 is 4.79 Å². The molecule has 1 N–H and O–H groups in total. The van der Waals surface area contributed by atoms with Gasteiger partial charge in [-0.25, -0.2) is 4.79 Å². The summed E-state index contributed by atoms with van der Waals surface area (Å²) in [5.41, 5.74) is 2.74. The Morgan fingerprint density at radius 2 is 1.91 bits per heavy atom. The molecule has 0 bridgehead atoms. The number of nitrogens with one attached hydrogen (secondary N) is 1. The first-order chi connectivity index (χ1) is 11.2. The molecule has 0 saturated carbocycles. The Morgan fingerprint density at radius 3 is 2.52 bits per heavy atom. The summed E-state index contributed by atoms with van der Waals surface area (Å²) in [6, 6.07) is 10.5. The van der Waals surface area contributed by atoms with Crippen LogP contribution in [-0.4, -0.2) is 40.3 Å². The maximum atomic E-state index is 12.4. The molecule has 1 aromatic carbocycles. The fourth-order valence-electron chi connectivity index (χ4n) is 3.04. The SMILES string of the molecule is CC(CNC(=O)N1CCc2ccccc2CC1)Cn1cccn1. The first kappa shape index (κ1) is 15.6. The number of nitrogens with zero attached hydrogens (tertiary/aromatic N) is 3. The molecule has 122 valence electrons. The highest BCUT2D eigenvalue weighted by atomic mass is 16.2. The summed E-state index contributed by atoms with van der Waals surface area (Å²) in [4.78, 5) is 14.3. The summed E-state index contributed by atoms with van der Waals surface area (Å²) in [5, 5.41) is 7.27. The molecule has 2 heterocycles. The molecule has 1 aliphatic heterocycles. The molecule has 0 fully saturated rings. The third kappa shape index (κ3) is 4.12. The van der Waals surface area contributed by atoms with Gasteiger partial charge >= 0.3 is 6.03 Å². The minimum Gasteiger partial charge on any atom is -0.338 e. The van der Waals surface area contributed by atoms with Gasteiger partial charge < -0.3 is 10.2 Å². The van der Waals surface area contributed by atoms with Gasteiger partial charge in [0.25, 0.3) is 0 Å². The molecule has 5 heteroatoms. The molecule has 0 spiro atoms. The second kappa shape index (κ2) is 7.31. The van der Waals surface area contributed by atoms with Crippen LogP contribution in [0.1, 0.15) is 18.1 Å². The van der Waals surface area contributed by atoms with E-state index in [1.165, 1.54) is 11.1 Å². The van der Waals surface area contributed by atoms with Crippen LogP contribution in [0.2, 0.25) is 0 Å². The second-order valence-corrected chi connectivity index (χ2v) is 6.28. The lowest BCUT2D eigenvalue weighted by Crippen LogP contribution is -2.43. The first-order valence-electron chi connectivity index (χ1n) is 8.29. The van der Waals surface area contributed by atoms with Crippen LogP contribution in [0.25, 0.3) is 0 Å². The van der Waals surface area contributed by atoms with Gasteiger partial charge in [0.15, 0.2) is 0 Å². The maximum Gasteiger partial charge on any atom is 0.317 e. The van der Waals surface area contributed by atoms with Crippen molar-refractivity contribution >= 4 is 6.03 Å². The van der Waals surface area contributed by atoms with Crippen LogP contribution in [0.5, 0.6) is 0 Å². The largest absolute Gasteiger partial charge is 0.338 e. The van der Waals surface area contributed by atoms with Crippen LogP contribution in [0.3, 0.4) is 0 Å². The summed E-state index contributed by atoms with van der Waals surface area (Å²) in [6.07, 6.45) is 5.60. The minimum atomic E-state index is 0.0464. The number of aromatic nitrogens is 2. The van der Waals surface area contributed by atoms with Crippen LogP contribution in [0, 0.1) is 5.92 Å². The Kier molecular flexibility index (Phi) is 4.95. The number of hydrogen-bond donors (Lipinski definition) is 1. The Labute approximate surface area is 137 Å². The van der Waals surface area contributed by atoms with E-state index >= 15 is 0 Å². The van der Waals surface area contributed by atoms with Crippen LogP contribution in [0.4, 0.5) is 4.79 Å². The van der Waals surface area contributed by atoms with E-state index < -0.39 is 0 Å². The molecule has 3 rings (SSSR count). The molecular weight excluding hydrogens is 288 g/mol. The highest BCUT2D eigenvalue weighted by molar-refractivity contribution is 5.74. The standard InChI is InChI=1S/C18H24N4O/c1-15(14-22-10-4-9-20-22)13-19-18(23)21-11-7-16-5-2-3-6-17(16)8-12-21/h2-6,9-10,15H,7-8,11-14H2,1H3,(H,19,23). The number of rotatable bonds is 4. The number of benzene rings is 1. The first-order valence-corrected chi connectivity index (χ1v) is 8.29. The molecule has 5 nitrogen and oxygen atoms in total. The van der Waals surface area contributed by atoms with E-state index in [4.69, 9.17) is 0 Å². The van der Waals surface area contributed by atoms with Crippen molar-refractivity contribution in [3.63, 3.8) is 0 Å². The zero-order chi connectivity index (χ0) is 16.1. The predicted molar refractivity (Wildman–Crippen MR) is 90.2 cm³/mol. The molecule has 1 unspecified atom stereocenters. The van der Waals surface area contributed by atoms with E-state index in [-0.39, 0.29) is 6.03 Å². The quantitative estimate of drug-likeness (QED) is 0.942. The van der Waals surface area contributed by atoms with Crippen LogP contribution in [0.15, 0.2) is 42.7 Å². The van der Waals surface area contributed by atoms with Gasteiger partial charge in [0.05, 0.1) is 0 Å². The summed E-state index contributed by atoms with van der Waals surface area (Å²) >= 11 is 0. The lowest BCUT2D eigenvalue weighted by molar-refractivity contribution is 0.198. The van der Waals surface area contributed by atoms with E-state index in [2.05, 4.69) is 41.6 Å². The van der Waals surface area contributed by atoms with Gasteiger partial charge in [0.2, 0.25) is 0 Å². The fraction of sp³-hybridized carbons (Fsp3) is 0.444. The van der Waals surface area contributed by atoms with Crippen molar-refractivity contribution in [1.82, 2.24) is 20.0 Å². The average molecular weight is 312 g/mol. The number of carbonyl (C=O) groups excluding carboxylic acids is 1.